The monoisotopic (exact) mass is 239 g/mol. The van der Waals surface area contributed by atoms with Crippen LogP contribution in [0.15, 0.2) is 30.9 Å². The molecule has 0 unspecified atom stereocenters. The Morgan fingerprint density at radius 3 is 3.00 bits per heavy atom. The van der Waals surface area contributed by atoms with E-state index in [4.69, 9.17) is 0 Å². The van der Waals surface area contributed by atoms with Gasteiger partial charge in [-0.05, 0) is 18.9 Å². The van der Waals surface area contributed by atoms with E-state index in [0.717, 1.165) is 30.1 Å². The number of hydrogen-bond acceptors (Lipinski definition) is 3. The molecular weight excluding hydrogens is 226 g/mol. The van der Waals surface area contributed by atoms with Crippen LogP contribution in [0, 0.1) is 0 Å². The summed E-state index contributed by atoms with van der Waals surface area (Å²) in [4.78, 5) is 13.4. The Morgan fingerprint density at radius 1 is 1.06 bits per heavy atom. The van der Waals surface area contributed by atoms with Gasteiger partial charge in [0.15, 0.2) is 0 Å². The molecule has 4 heterocycles. The van der Waals surface area contributed by atoms with Crippen LogP contribution in [0.25, 0.3) is 17.2 Å². The van der Waals surface area contributed by atoms with Gasteiger partial charge in [0.05, 0.1) is 5.69 Å². The summed E-state index contributed by atoms with van der Waals surface area (Å²) >= 11 is 0. The Hall–Kier alpha value is -2.17. The van der Waals surface area contributed by atoms with Crippen molar-refractivity contribution in [2.45, 2.75) is 25.8 Å². The number of aryl methyl sites for hydroxylation is 2. The van der Waals surface area contributed by atoms with Gasteiger partial charge in [-0.3, -0.25) is 4.40 Å². The molecule has 18 heavy (non-hydrogen) atoms. The third kappa shape index (κ3) is 1.44. The second kappa shape index (κ2) is 3.66. The molecule has 0 aromatic carbocycles. The van der Waals surface area contributed by atoms with Crippen LogP contribution in [0.1, 0.15) is 18.7 Å². The van der Waals surface area contributed by atoms with E-state index >= 15 is 0 Å². The van der Waals surface area contributed by atoms with E-state index in [9.17, 15) is 0 Å². The largest absolute Gasteiger partial charge is 0.334 e. The van der Waals surface area contributed by atoms with Crippen molar-refractivity contribution >= 4 is 5.78 Å². The molecule has 4 rings (SSSR count). The van der Waals surface area contributed by atoms with Gasteiger partial charge in [-0.15, -0.1) is 0 Å². The molecule has 0 N–H and O–H groups in total. The van der Waals surface area contributed by atoms with Crippen molar-refractivity contribution < 1.29 is 0 Å². The first-order chi connectivity index (χ1) is 8.90. The average molecular weight is 239 g/mol. The SMILES string of the molecule is c1cn2ccc(-c3cn4c(n3)CCCC4)nc2n1. The number of rotatable bonds is 1. The van der Waals surface area contributed by atoms with Crippen LogP contribution >= 0.6 is 0 Å². The van der Waals surface area contributed by atoms with Gasteiger partial charge in [0.2, 0.25) is 5.78 Å². The van der Waals surface area contributed by atoms with Gasteiger partial charge < -0.3 is 4.57 Å². The van der Waals surface area contributed by atoms with E-state index in [1.165, 1.54) is 18.7 Å². The van der Waals surface area contributed by atoms with E-state index in [2.05, 4.69) is 25.7 Å². The lowest BCUT2D eigenvalue weighted by Gasteiger charge is -2.11. The second-order valence-corrected chi connectivity index (χ2v) is 4.64. The molecule has 0 aliphatic carbocycles. The lowest BCUT2D eigenvalue weighted by Crippen LogP contribution is -2.08. The maximum atomic E-state index is 4.68. The van der Waals surface area contributed by atoms with Crippen molar-refractivity contribution in [3.05, 3.63) is 36.7 Å². The van der Waals surface area contributed by atoms with Gasteiger partial charge in [0.25, 0.3) is 0 Å². The molecule has 0 fully saturated rings. The minimum absolute atomic E-state index is 0.721. The number of nitrogens with zero attached hydrogens (tertiary/aromatic N) is 5. The summed E-state index contributed by atoms with van der Waals surface area (Å²) in [5.41, 5.74) is 1.85. The van der Waals surface area contributed by atoms with Gasteiger partial charge in [0.1, 0.15) is 11.5 Å². The topological polar surface area (TPSA) is 48.0 Å². The van der Waals surface area contributed by atoms with E-state index < -0.39 is 0 Å². The molecule has 1 aliphatic heterocycles. The Labute approximate surface area is 104 Å². The smallest absolute Gasteiger partial charge is 0.234 e. The molecular formula is C13H13N5. The highest BCUT2D eigenvalue weighted by Crippen LogP contribution is 2.21. The van der Waals surface area contributed by atoms with Gasteiger partial charge in [-0.25, -0.2) is 15.0 Å². The highest BCUT2D eigenvalue weighted by molar-refractivity contribution is 5.55. The molecule has 0 radical (unpaired) electrons. The maximum absolute atomic E-state index is 4.68. The van der Waals surface area contributed by atoms with Crippen molar-refractivity contribution in [2.24, 2.45) is 0 Å². The van der Waals surface area contributed by atoms with E-state index in [1.54, 1.807) is 6.20 Å². The molecule has 0 saturated carbocycles. The third-order valence-corrected chi connectivity index (χ3v) is 3.43. The average Bonchev–Trinajstić information content (AvgIpc) is 3.04. The summed E-state index contributed by atoms with van der Waals surface area (Å²) in [6.07, 6.45) is 11.3. The van der Waals surface area contributed by atoms with Crippen LogP contribution in [-0.2, 0) is 13.0 Å². The zero-order chi connectivity index (χ0) is 11.9. The molecule has 5 nitrogen and oxygen atoms in total. The zero-order valence-corrected chi connectivity index (χ0v) is 9.95. The summed E-state index contributed by atoms with van der Waals surface area (Å²) in [6.45, 7) is 1.08. The molecule has 3 aromatic rings. The Bertz CT molecular complexity index is 686. The fourth-order valence-electron chi connectivity index (χ4n) is 2.48. The third-order valence-electron chi connectivity index (χ3n) is 3.43. The molecule has 0 bridgehead atoms. The Morgan fingerprint density at radius 2 is 2.06 bits per heavy atom. The van der Waals surface area contributed by atoms with Gasteiger partial charge in [0, 0.05) is 37.8 Å². The summed E-state index contributed by atoms with van der Waals surface area (Å²) < 4.78 is 4.15. The normalized spacial score (nSPS) is 14.9. The van der Waals surface area contributed by atoms with Crippen molar-refractivity contribution in [1.29, 1.82) is 0 Å². The summed E-state index contributed by atoms with van der Waals surface area (Å²) in [5, 5.41) is 0. The van der Waals surface area contributed by atoms with Crippen LogP contribution in [0.5, 0.6) is 0 Å². The highest BCUT2D eigenvalue weighted by atomic mass is 15.1. The van der Waals surface area contributed by atoms with Gasteiger partial charge in [-0.2, -0.15) is 0 Å². The van der Waals surface area contributed by atoms with Gasteiger partial charge >= 0.3 is 0 Å². The lowest BCUT2D eigenvalue weighted by molar-refractivity contribution is 0.522. The van der Waals surface area contributed by atoms with E-state index in [1.807, 2.05) is 22.9 Å². The molecule has 0 spiro atoms. The van der Waals surface area contributed by atoms with E-state index in [0.29, 0.717) is 0 Å². The first kappa shape index (κ1) is 9.82. The summed E-state index contributed by atoms with van der Waals surface area (Å²) in [5.74, 6) is 1.90. The molecule has 90 valence electrons. The first-order valence-electron chi connectivity index (χ1n) is 6.26. The fourth-order valence-corrected chi connectivity index (χ4v) is 2.48. The Kier molecular flexibility index (Phi) is 2.00. The molecule has 1 aliphatic rings. The minimum Gasteiger partial charge on any atom is -0.334 e. The predicted octanol–water partition coefficient (Wildman–Crippen LogP) is 1.93. The predicted molar refractivity (Wildman–Crippen MR) is 67.1 cm³/mol. The van der Waals surface area contributed by atoms with Gasteiger partial charge in [-0.1, -0.05) is 0 Å². The van der Waals surface area contributed by atoms with Crippen molar-refractivity contribution in [1.82, 2.24) is 23.9 Å². The molecule has 0 atom stereocenters. The van der Waals surface area contributed by atoms with Crippen molar-refractivity contribution in [3.8, 4) is 11.4 Å². The van der Waals surface area contributed by atoms with E-state index in [-0.39, 0.29) is 0 Å². The first-order valence-corrected chi connectivity index (χ1v) is 6.26. The molecule has 3 aromatic heterocycles. The van der Waals surface area contributed by atoms with Crippen molar-refractivity contribution in [2.75, 3.05) is 0 Å². The Balaban J connectivity index is 1.83. The van der Waals surface area contributed by atoms with Crippen LogP contribution in [0.2, 0.25) is 0 Å². The molecule has 0 saturated heterocycles. The standard InChI is InChI=1S/C13H13N5/c1-2-6-18-9-11(15-12(18)3-1)10-4-7-17-8-5-14-13(17)16-10/h4-5,7-9H,1-3,6H2. The number of imidazole rings is 2. The fraction of sp³-hybridized carbons (Fsp3) is 0.308. The summed E-state index contributed by atoms with van der Waals surface area (Å²) in [7, 11) is 0. The van der Waals surface area contributed by atoms with Crippen LogP contribution in [0.3, 0.4) is 0 Å². The maximum Gasteiger partial charge on any atom is 0.234 e. The van der Waals surface area contributed by atoms with Crippen LogP contribution < -0.4 is 0 Å². The van der Waals surface area contributed by atoms with Crippen LogP contribution in [-0.4, -0.2) is 23.9 Å². The quantitative estimate of drug-likeness (QED) is 0.652. The second-order valence-electron chi connectivity index (χ2n) is 4.64. The zero-order valence-electron chi connectivity index (χ0n) is 9.95. The molecule has 0 amide bonds. The highest BCUT2D eigenvalue weighted by Gasteiger charge is 2.14. The molecule has 5 heteroatoms. The number of hydrogen-bond donors (Lipinski definition) is 0. The summed E-state index contributed by atoms with van der Waals surface area (Å²) in [6, 6.07) is 1.99. The lowest BCUT2D eigenvalue weighted by atomic mass is 10.2. The van der Waals surface area contributed by atoms with Crippen LogP contribution in [0.4, 0.5) is 0 Å². The number of fused-ring (bicyclic) bond motifs is 2. The van der Waals surface area contributed by atoms with Crippen molar-refractivity contribution in [3.63, 3.8) is 0 Å². The minimum atomic E-state index is 0.721. The number of aromatic nitrogens is 5.